The molecule has 2 aliphatic rings. The summed E-state index contributed by atoms with van der Waals surface area (Å²) in [5, 5.41) is 8.96. The minimum atomic E-state index is -0.809. The Hall–Kier alpha value is -2.65. The first-order valence-electron chi connectivity index (χ1n) is 10.2. The van der Waals surface area contributed by atoms with Crippen LogP contribution in [-0.4, -0.2) is 68.5 Å². The molecule has 2 aliphatic heterocycles. The lowest BCUT2D eigenvalue weighted by Gasteiger charge is -2.31. The number of fused-ring (bicyclic) bond motifs is 1. The number of rotatable bonds is 4. The van der Waals surface area contributed by atoms with Gasteiger partial charge in [-0.1, -0.05) is 6.07 Å². The van der Waals surface area contributed by atoms with Crippen LogP contribution in [0.3, 0.4) is 0 Å². The van der Waals surface area contributed by atoms with Crippen molar-refractivity contribution >= 4 is 41.2 Å². The first-order chi connectivity index (χ1) is 14.3. The summed E-state index contributed by atoms with van der Waals surface area (Å²) in [6.45, 7) is 1.52. The second-order valence-corrected chi connectivity index (χ2v) is 8.25. The fourth-order valence-corrected chi connectivity index (χ4v) is 4.69. The number of carboxylic acid groups (broad SMARTS) is 1. The molecule has 0 aliphatic carbocycles. The van der Waals surface area contributed by atoms with E-state index in [1.807, 2.05) is 23.1 Å². The minimum Gasteiger partial charge on any atom is -0.480 e. The molecular formula is C21H27ClN4O5. The Morgan fingerprint density at radius 2 is 1.74 bits per heavy atom. The SMILES string of the molecule is CN1C(=O)CCC(n2c(=O)n(C)c3cc(C4CCN(CC(=O)O)CC4)ccc32)C1=O.Cl. The van der Waals surface area contributed by atoms with E-state index in [9.17, 15) is 19.2 Å². The van der Waals surface area contributed by atoms with Crippen LogP contribution in [0.2, 0.25) is 0 Å². The lowest BCUT2D eigenvalue weighted by Crippen LogP contribution is -2.45. The van der Waals surface area contributed by atoms with Gasteiger partial charge in [-0.3, -0.25) is 33.3 Å². The Balaban J connectivity index is 0.00000272. The van der Waals surface area contributed by atoms with Crippen LogP contribution in [0.5, 0.6) is 0 Å². The van der Waals surface area contributed by atoms with E-state index in [0.717, 1.165) is 41.9 Å². The average molecular weight is 451 g/mol. The minimum absolute atomic E-state index is 0. The summed E-state index contributed by atoms with van der Waals surface area (Å²) in [4.78, 5) is 51.4. The molecule has 2 fully saturated rings. The molecule has 1 N–H and O–H groups in total. The number of imidazole rings is 1. The molecule has 2 aromatic rings. The van der Waals surface area contributed by atoms with Crippen LogP contribution in [-0.2, 0) is 21.4 Å². The van der Waals surface area contributed by atoms with Crippen molar-refractivity contribution in [3.8, 4) is 0 Å². The third-order valence-electron chi connectivity index (χ3n) is 6.46. The third kappa shape index (κ3) is 4.12. The molecule has 0 bridgehead atoms. The van der Waals surface area contributed by atoms with Crippen molar-refractivity contribution in [3.05, 3.63) is 34.2 Å². The highest BCUT2D eigenvalue weighted by Gasteiger charge is 2.35. The highest BCUT2D eigenvalue weighted by Crippen LogP contribution is 2.31. The molecule has 9 nitrogen and oxygen atoms in total. The topological polar surface area (TPSA) is 105 Å². The Morgan fingerprint density at radius 3 is 2.39 bits per heavy atom. The van der Waals surface area contributed by atoms with E-state index in [1.54, 1.807) is 11.6 Å². The molecule has 0 radical (unpaired) electrons. The van der Waals surface area contributed by atoms with E-state index in [4.69, 9.17) is 5.11 Å². The maximum Gasteiger partial charge on any atom is 0.329 e. The monoisotopic (exact) mass is 450 g/mol. The van der Waals surface area contributed by atoms with Gasteiger partial charge in [-0.25, -0.2) is 4.79 Å². The number of nitrogens with zero attached hydrogens (tertiary/aromatic N) is 4. The van der Waals surface area contributed by atoms with Crippen molar-refractivity contribution in [2.45, 2.75) is 37.6 Å². The molecule has 1 atom stereocenters. The summed E-state index contributed by atoms with van der Waals surface area (Å²) >= 11 is 0. The number of imide groups is 1. The van der Waals surface area contributed by atoms with Crippen LogP contribution in [0.25, 0.3) is 11.0 Å². The van der Waals surface area contributed by atoms with Crippen molar-refractivity contribution in [2.24, 2.45) is 7.05 Å². The fraction of sp³-hybridized carbons (Fsp3) is 0.524. The predicted octanol–water partition coefficient (Wildman–Crippen LogP) is 1.35. The van der Waals surface area contributed by atoms with Crippen LogP contribution >= 0.6 is 12.4 Å². The van der Waals surface area contributed by atoms with E-state index in [0.29, 0.717) is 17.9 Å². The molecule has 1 unspecified atom stereocenters. The summed E-state index contributed by atoms with van der Waals surface area (Å²) in [6, 6.07) is 5.22. The number of amides is 2. The van der Waals surface area contributed by atoms with E-state index < -0.39 is 12.0 Å². The quantitative estimate of drug-likeness (QED) is 0.705. The summed E-state index contributed by atoms with van der Waals surface area (Å²) in [5.41, 5.74) is 2.31. The predicted molar refractivity (Wildman–Crippen MR) is 117 cm³/mol. The smallest absolute Gasteiger partial charge is 0.329 e. The van der Waals surface area contributed by atoms with Gasteiger partial charge in [-0.05, 0) is 56.0 Å². The van der Waals surface area contributed by atoms with E-state index in [-0.39, 0.29) is 42.9 Å². The number of aliphatic carboxylic acids is 1. The number of benzene rings is 1. The Bertz CT molecular complexity index is 1080. The van der Waals surface area contributed by atoms with Crippen LogP contribution in [0.4, 0.5) is 0 Å². The molecular weight excluding hydrogens is 424 g/mol. The van der Waals surface area contributed by atoms with Crippen LogP contribution in [0, 0.1) is 0 Å². The van der Waals surface area contributed by atoms with Crippen molar-refractivity contribution in [3.63, 3.8) is 0 Å². The zero-order valence-electron chi connectivity index (χ0n) is 17.6. The molecule has 168 valence electrons. The van der Waals surface area contributed by atoms with Crippen molar-refractivity contribution in [1.29, 1.82) is 0 Å². The maximum absolute atomic E-state index is 13.0. The number of likely N-dealkylation sites (tertiary alicyclic amines) is 2. The number of carboxylic acids is 1. The Morgan fingerprint density at radius 1 is 1.06 bits per heavy atom. The Kier molecular flexibility index (Phi) is 6.56. The molecule has 3 heterocycles. The fourth-order valence-electron chi connectivity index (χ4n) is 4.69. The van der Waals surface area contributed by atoms with Crippen LogP contribution in [0.15, 0.2) is 23.0 Å². The summed E-state index contributed by atoms with van der Waals surface area (Å²) in [7, 11) is 3.16. The molecule has 2 amide bonds. The van der Waals surface area contributed by atoms with Gasteiger partial charge in [-0.15, -0.1) is 12.4 Å². The van der Waals surface area contributed by atoms with Gasteiger partial charge in [0.2, 0.25) is 5.91 Å². The highest BCUT2D eigenvalue weighted by atomic mass is 35.5. The van der Waals surface area contributed by atoms with Gasteiger partial charge in [0.1, 0.15) is 6.04 Å². The molecule has 10 heteroatoms. The van der Waals surface area contributed by atoms with Crippen molar-refractivity contribution in [2.75, 3.05) is 26.7 Å². The molecule has 4 rings (SSSR count). The second-order valence-electron chi connectivity index (χ2n) is 8.25. The largest absolute Gasteiger partial charge is 0.480 e. The zero-order valence-corrected chi connectivity index (χ0v) is 18.4. The van der Waals surface area contributed by atoms with Gasteiger partial charge in [-0.2, -0.15) is 0 Å². The van der Waals surface area contributed by atoms with Crippen molar-refractivity contribution < 1.29 is 19.5 Å². The van der Waals surface area contributed by atoms with Gasteiger partial charge in [0, 0.05) is 20.5 Å². The molecule has 1 aromatic carbocycles. The standard InChI is InChI=1S/C21H26N4O5.ClH/c1-22-17-11-14(13-7-9-24(10-8-13)12-19(27)28)3-4-15(17)25(21(22)30)16-5-6-18(26)23(2)20(16)29;/h3-4,11,13,16H,5-10,12H2,1-2H3,(H,27,28);1H. The van der Waals surface area contributed by atoms with Gasteiger partial charge >= 0.3 is 11.7 Å². The number of aryl methyl sites for hydroxylation is 1. The third-order valence-corrected chi connectivity index (χ3v) is 6.46. The molecule has 0 spiro atoms. The first-order valence-corrected chi connectivity index (χ1v) is 10.2. The molecule has 0 saturated carbocycles. The average Bonchev–Trinajstić information content (AvgIpc) is 2.97. The van der Waals surface area contributed by atoms with Gasteiger partial charge in [0.05, 0.1) is 17.6 Å². The number of carbonyl (C=O) groups is 3. The van der Waals surface area contributed by atoms with Crippen molar-refractivity contribution in [1.82, 2.24) is 18.9 Å². The normalized spacial score (nSPS) is 20.8. The number of hydrogen-bond acceptors (Lipinski definition) is 5. The number of likely N-dealkylation sites (N-methyl/N-ethyl adjacent to an activating group) is 1. The number of aromatic nitrogens is 2. The van der Waals surface area contributed by atoms with E-state index in [2.05, 4.69) is 0 Å². The van der Waals surface area contributed by atoms with Gasteiger partial charge < -0.3 is 5.11 Å². The number of piperidine rings is 2. The molecule has 2 saturated heterocycles. The number of hydrogen-bond donors (Lipinski definition) is 1. The maximum atomic E-state index is 13.0. The van der Waals surface area contributed by atoms with E-state index >= 15 is 0 Å². The van der Waals surface area contributed by atoms with Crippen LogP contribution in [0.1, 0.15) is 43.2 Å². The highest BCUT2D eigenvalue weighted by molar-refractivity contribution is 5.99. The molecule has 31 heavy (non-hydrogen) atoms. The number of carbonyl (C=O) groups excluding carboxylic acids is 2. The lowest BCUT2D eigenvalue weighted by molar-refractivity contribution is -0.149. The number of halogens is 1. The van der Waals surface area contributed by atoms with Gasteiger partial charge in [0.25, 0.3) is 5.91 Å². The zero-order chi connectivity index (χ0) is 21.6. The summed E-state index contributed by atoms with van der Waals surface area (Å²) in [6.07, 6.45) is 2.29. The Labute approximate surface area is 185 Å². The lowest BCUT2D eigenvalue weighted by atomic mass is 9.89. The van der Waals surface area contributed by atoms with Crippen LogP contribution < -0.4 is 5.69 Å². The molecule has 1 aromatic heterocycles. The van der Waals surface area contributed by atoms with Gasteiger partial charge in [0.15, 0.2) is 0 Å². The van der Waals surface area contributed by atoms with E-state index in [1.165, 1.54) is 11.6 Å². The first kappa shape index (κ1) is 23.0. The summed E-state index contributed by atoms with van der Waals surface area (Å²) in [5.74, 6) is -1.08. The summed E-state index contributed by atoms with van der Waals surface area (Å²) < 4.78 is 3.07. The second kappa shape index (κ2) is 8.84.